The first kappa shape index (κ1) is 14.1. The quantitative estimate of drug-likeness (QED) is 0.619. The smallest absolute Gasteiger partial charge is 0.0689 e. The molecule has 1 rings (SSSR count). The Kier molecular flexibility index (Phi) is 6.17. The van der Waals surface area contributed by atoms with E-state index in [1.54, 1.807) is 6.20 Å². The normalized spacial score (nSPS) is 14.5. The summed E-state index contributed by atoms with van der Waals surface area (Å²) in [6.45, 7) is 6.86. The lowest BCUT2D eigenvalue weighted by molar-refractivity contribution is 0.358. The maximum Gasteiger partial charge on any atom is 0.0689 e. The molecule has 0 saturated carbocycles. The van der Waals surface area contributed by atoms with Crippen molar-refractivity contribution in [1.29, 1.82) is 0 Å². The molecule has 0 fully saturated rings. The van der Waals surface area contributed by atoms with Gasteiger partial charge in [-0.2, -0.15) is 10.2 Å². The zero-order valence-corrected chi connectivity index (χ0v) is 11.6. The van der Waals surface area contributed by atoms with Gasteiger partial charge < -0.3 is 0 Å². The monoisotopic (exact) mass is 234 g/mol. The molecule has 0 bridgehead atoms. The molecule has 0 radical (unpaired) electrons. The van der Waals surface area contributed by atoms with Gasteiger partial charge in [-0.25, -0.2) is 0 Å². The van der Waals surface area contributed by atoms with Crippen molar-refractivity contribution in [2.75, 3.05) is 0 Å². The van der Waals surface area contributed by atoms with Gasteiger partial charge >= 0.3 is 0 Å². The number of nitrogens with zero attached hydrogens (tertiary/aromatic N) is 2. The van der Waals surface area contributed by atoms with Crippen molar-refractivity contribution < 1.29 is 0 Å². The third kappa shape index (κ3) is 4.45. The third-order valence-electron chi connectivity index (χ3n) is 3.60. The van der Waals surface area contributed by atoms with E-state index in [9.17, 15) is 0 Å². The lowest BCUT2D eigenvalue weighted by atomic mass is 9.77. The zero-order valence-electron chi connectivity index (χ0n) is 11.6. The Morgan fingerprint density at radius 3 is 2.35 bits per heavy atom. The van der Waals surface area contributed by atoms with E-state index in [0.29, 0.717) is 0 Å². The Labute approximate surface area is 106 Å². The van der Waals surface area contributed by atoms with Gasteiger partial charge in [0.1, 0.15) is 0 Å². The van der Waals surface area contributed by atoms with E-state index in [2.05, 4.69) is 37.0 Å². The van der Waals surface area contributed by atoms with Crippen molar-refractivity contribution in [3.05, 3.63) is 24.0 Å². The predicted molar refractivity (Wildman–Crippen MR) is 73.1 cm³/mol. The molecule has 17 heavy (non-hydrogen) atoms. The summed E-state index contributed by atoms with van der Waals surface area (Å²) >= 11 is 0. The van der Waals surface area contributed by atoms with Crippen LogP contribution in [0.1, 0.15) is 71.4 Å². The van der Waals surface area contributed by atoms with E-state index in [1.165, 1.54) is 50.6 Å². The molecule has 0 aliphatic rings. The standard InChI is InChI=1S/C15H26N2/c1-4-6-8-12-15(3,11-7-5-2)14-10-9-13-16-17-14/h9-10,13H,4-8,11-12H2,1-3H3. The molecule has 1 unspecified atom stereocenters. The summed E-state index contributed by atoms with van der Waals surface area (Å²) in [5.74, 6) is 0. The van der Waals surface area contributed by atoms with E-state index < -0.39 is 0 Å². The van der Waals surface area contributed by atoms with Crippen molar-refractivity contribution in [2.45, 2.75) is 71.1 Å². The predicted octanol–water partition coefficient (Wildman–Crippen LogP) is 4.50. The second kappa shape index (κ2) is 7.41. The molecule has 0 aliphatic carbocycles. The van der Waals surface area contributed by atoms with Crippen LogP contribution in [0, 0.1) is 0 Å². The SMILES string of the molecule is CCCCCC(C)(CCCC)c1cccnn1. The highest BCUT2D eigenvalue weighted by Crippen LogP contribution is 2.33. The minimum atomic E-state index is 0.222. The van der Waals surface area contributed by atoms with Crippen molar-refractivity contribution in [3.8, 4) is 0 Å². The molecule has 0 amide bonds. The molecule has 0 aliphatic heterocycles. The Balaban J connectivity index is 2.70. The van der Waals surface area contributed by atoms with Gasteiger partial charge in [-0.05, 0) is 25.0 Å². The van der Waals surface area contributed by atoms with E-state index in [1.807, 2.05) is 6.07 Å². The van der Waals surface area contributed by atoms with Crippen molar-refractivity contribution in [1.82, 2.24) is 10.2 Å². The Bertz CT molecular complexity index is 297. The highest BCUT2D eigenvalue weighted by molar-refractivity contribution is 5.13. The van der Waals surface area contributed by atoms with Crippen LogP contribution in [0.4, 0.5) is 0 Å². The van der Waals surface area contributed by atoms with Crippen LogP contribution < -0.4 is 0 Å². The van der Waals surface area contributed by atoms with E-state index >= 15 is 0 Å². The van der Waals surface area contributed by atoms with Gasteiger partial charge in [0.05, 0.1) is 5.69 Å². The van der Waals surface area contributed by atoms with Gasteiger partial charge in [-0.15, -0.1) is 0 Å². The van der Waals surface area contributed by atoms with E-state index in [-0.39, 0.29) is 5.41 Å². The molecule has 0 N–H and O–H groups in total. The maximum absolute atomic E-state index is 4.33. The first-order chi connectivity index (χ1) is 8.23. The molecular formula is C15H26N2. The number of hydrogen-bond donors (Lipinski definition) is 0. The Morgan fingerprint density at radius 1 is 1.06 bits per heavy atom. The van der Waals surface area contributed by atoms with Gasteiger partial charge in [0.2, 0.25) is 0 Å². The molecular weight excluding hydrogens is 208 g/mol. The van der Waals surface area contributed by atoms with Crippen molar-refractivity contribution in [3.63, 3.8) is 0 Å². The third-order valence-corrected chi connectivity index (χ3v) is 3.60. The van der Waals surface area contributed by atoms with Crippen LogP contribution >= 0.6 is 0 Å². The summed E-state index contributed by atoms with van der Waals surface area (Å²) in [4.78, 5) is 0. The fourth-order valence-electron chi connectivity index (χ4n) is 2.34. The molecule has 1 aromatic heterocycles. The Hall–Kier alpha value is -0.920. The second-order valence-corrected chi connectivity index (χ2v) is 5.23. The molecule has 1 heterocycles. The van der Waals surface area contributed by atoms with Gasteiger partial charge in [-0.1, -0.05) is 52.9 Å². The highest BCUT2D eigenvalue weighted by Gasteiger charge is 2.27. The first-order valence-corrected chi connectivity index (χ1v) is 7.01. The summed E-state index contributed by atoms with van der Waals surface area (Å²) < 4.78 is 0. The minimum absolute atomic E-state index is 0.222. The van der Waals surface area contributed by atoms with Gasteiger partial charge in [0.25, 0.3) is 0 Å². The van der Waals surface area contributed by atoms with Crippen LogP contribution in [0.2, 0.25) is 0 Å². The maximum atomic E-state index is 4.33. The summed E-state index contributed by atoms with van der Waals surface area (Å²) in [6, 6.07) is 4.14. The molecule has 1 atom stereocenters. The van der Waals surface area contributed by atoms with Crippen LogP contribution in [0.25, 0.3) is 0 Å². The largest absolute Gasteiger partial charge is 0.159 e. The second-order valence-electron chi connectivity index (χ2n) is 5.23. The molecule has 96 valence electrons. The number of rotatable bonds is 8. The number of aromatic nitrogens is 2. The topological polar surface area (TPSA) is 25.8 Å². The average Bonchev–Trinajstić information content (AvgIpc) is 2.38. The molecule has 2 nitrogen and oxygen atoms in total. The summed E-state index contributed by atoms with van der Waals surface area (Å²) in [7, 11) is 0. The van der Waals surface area contributed by atoms with Gasteiger partial charge in [0, 0.05) is 11.6 Å². The Morgan fingerprint density at radius 2 is 1.76 bits per heavy atom. The van der Waals surface area contributed by atoms with Crippen LogP contribution in [-0.2, 0) is 5.41 Å². The van der Waals surface area contributed by atoms with Crippen LogP contribution in [0.3, 0.4) is 0 Å². The first-order valence-electron chi connectivity index (χ1n) is 7.01. The number of unbranched alkanes of at least 4 members (excludes halogenated alkanes) is 3. The summed E-state index contributed by atoms with van der Waals surface area (Å²) in [6.07, 6.45) is 10.7. The zero-order chi connectivity index (χ0) is 12.6. The van der Waals surface area contributed by atoms with E-state index in [0.717, 1.165) is 0 Å². The van der Waals surface area contributed by atoms with Crippen LogP contribution in [-0.4, -0.2) is 10.2 Å². The van der Waals surface area contributed by atoms with Crippen molar-refractivity contribution >= 4 is 0 Å². The molecule has 0 spiro atoms. The van der Waals surface area contributed by atoms with Crippen LogP contribution in [0.15, 0.2) is 18.3 Å². The summed E-state index contributed by atoms with van der Waals surface area (Å²) in [5, 5.41) is 8.37. The molecule has 2 heteroatoms. The summed E-state index contributed by atoms with van der Waals surface area (Å²) in [5.41, 5.74) is 1.39. The van der Waals surface area contributed by atoms with Crippen LogP contribution in [0.5, 0.6) is 0 Å². The molecule has 0 saturated heterocycles. The number of hydrogen-bond acceptors (Lipinski definition) is 2. The average molecular weight is 234 g/mol. The lowest BCUT2D eigenvalue weighted by Crippen LogP contribution is -2.23. The fraction of sp³-hybridized carbons (Fsp3) is 0.733. The molecule has 0 aromatic carbocycles. The van der Waals surface area contributed by atoms with Crippen molar-refractivity contribution in [2.24, 2.45) is 0 Å². The van der Waals surface area contributed by atoms with Gasteiger partial charge in [-0.3, -0.25) is 0 Å². The minimum Gasteiger partial charge on any atom is -0.159 e. The lowest BCUT2D eigenvalue weighted by Gasteiger charge is -2.28. The highest BCUT2D eigenvalue weighted by atomic mass is 15.1. The molecule has 1 aromatic rings. The van der Waals surface area contributed by atoms with E-state index in [4.69, 9.17) is 0 Å². The van der Waals surface area contributed by atoms with Gasteiger partial charge in [0.15, 0.2) is 0 Å². The fourth-order valence-corrected chi connectivity index (χ4v) is 2.34.